The van der Waals surface area contributed by atoms with E-state index in [0.717, 1.165) is 54.6 Å². The van der Waals surface area contributed by atoms with Crippen LogP contribution in [-0.2, 0) is 11.3 Å². The maximum Gasteiger partial charge on any atom is 0.254 e. The van der Waals surface area contributed by atoms with E-state index >= 15 is 0 Å². The van der Waals surface area contributed by atoms with Crippen LogP contribution in [0.3, 0.4) is 0 Å². The third kappa shape index (κ3) is 6.05. The number of carbonyl (C=O) groups is 1. The molecule has 0 aromatic heterocycles. The Bertz CT molecular complexity index is 820. The van der Waals surface area contributed by atoms with Crippen LogP contribution in [0, 0.1) is 0 Å². The number of methoxy groups -OCH3 is 1. The van der Waals surface area contributed by atoms with Crippen LogP contribution in [0.4, 0.5) is 0 Å². The van der Waals surface area contributed by atoms with E-state index in [0.29, 0.717) is 6.54 Å². The van der Waals surface area contributed by atoms with Gasteiger partial charge in [-0.1, -0.05) is 41.9 Å². The van der Waals surface area contributed by atoms with Crippen molar-refractivity contribution in [3.05, 3.63) is 64.7 Å². The fourth-order valence-corrected chi connectivity index (χ4v) is 3.31. The van der Waals surface area contributed by atoms with Crippen molar-refractivity contribution in [2.75, 3.05) is 39.8 Å². The first-order chi connectivity index (χ1) is 13.6. The van der Waals surface area contributed by atoms with Gasteiger partial charge in [-0.25, -0.2) is 5.43 Å². The van der Waals surface area contributed by atoms with Crippen molar-refractivity contribution < 1.29 is 9.53 Å². The minimum atomic E-state index is -0.112. The normalized spacial score (nSPS) is 15.6. The van der Waals surface area contributed by atoms with Crippen molar-refractivity contribution in [1.82, 2.24) is 15.2 Å². The second kappa shape index (κ2) is 10.2. The summed E-state index contributed by atoms with van der Waals surface area (Å²) in [5.74, 6) is 0.642. The lowest BCUT2D eigenvalue weighted by Gasteiger charge is -2.34. The smallest absolute Gasteiger partial charge is 0.254 e. The standard InChI is InChI=1S/C21H25ClN4O2/c1-28-19-7-4-5-17(13-19)14-23-24-21(27)16-26-11-9-25(10-12-26)15-18-6-2-3-8-20(18)22/h2-8,13-14H,9-12,15-16H2,1H3,(H,24,27)/b23-14-. The van der Waals surface area contributed by atoms with Gasteiger partial charge in [0.25, 0.3) is 5.91 Å². The number of amides is 1. The minimum absolute atomic E-state index is 0.112. The lowest BCUT2D eigenvalue weighted by molar-refractivity contribution is -0.122. The SMILES string of the molecule is COc1cccc(/C=N\NC(=O)CN2CCN(Cc3ccccc3Cl)CC2)c1. The Balaban J connectivity index is 1.40. The topological polar surface area (TPSA) is 57.2 Å². The molecule has 0 aliphatic carbocycles. The molecule has 1 saturated heterocycles. The molecule has 1 aliphatic heterocycles. The van der Waals surface area contributed by atoms with Crippen molar-refractivity contribution >= 4 is 23.7 Å². The Morgan fingerprint density at radius 2 is 1.89 bits per heavy atom. The number of hydrazone groups is 1. The molecule has 6 nitrogen and oxygen atoms in total. The van der Waals surface area contributed by atoms with Crippen molar-refractivity contribution in [1.29, 1.82) is 0 Å². The second-order valence-electron chi connectivity index (χ2n) is 6.71. The van der Waals surface area contributed by atoms with Gasteiger partial charge in [-0.05, 0) is 29.3 Å². The molecule has 1 heterocycles. The van der Waals surface area contributed by atoms with E-state index in [2.05, 4.69) is 26.4 Å². The van der Waals surface area contributed by atoms with Crippen LogP contribution in [0.15, 0.2) is 53.6 Å². The summed E-state index contributed by atoms with van der Waals surface area (Å²) >= 11 is 6.24. The number of hydrogen-bond acceptors (Lipinski definition) is 5. The molecule has 1 N–H and O–H groups in total. The van der Waals surface area contributed by atoms with E-state index in [9.17, 15) is 4.79 Å². The zero-order valence-electron chi connectivity index (χ0n) is 16.0. The molecule has 0 unspecified atom stereocenters. The monoisotopic (exact) mass is 400 g/mol. The fourth-order valence-electron chi connectivity index (χ4n) is 3.11. The molecule has 0 spiro atoms. The van der Waals surface area contributed by atoms with Crippen LogP contribution in [0.2, 0.25) is 5.02 Å². The number of rotatable bonds is 7. The molecule has 28 heavy (non-hydrogen) atoms. The van der Waals surface area contributed by atoms with Gasteiger partial charge < -0.3 is 4.74 Å². The summed E-state index contributed by atoms with van der Waals surface area (Å²) in [6.07, 6.45) is 1.61. The molecule has 3 rings (SSSR count). The average Bonchev–Trinajstić information content (AvgIpc) is 2.71. The Labute approximate surface area is 170 Å². The first-order valence-corrected chi connectivity index (χ1v) is 9.66. The molecule has 0 saturated carbocycles. The van der Waals surface area contributed by atoms with Gasteiger partial charge in [-0.15, -0.1) is 0 Å². The highest BCUT2D eigenvalue weighted by molar-refractivity contribution is 6.31. The Kier molecular flexibility index (Phi) is 7.42. The first-order valence-electron chi connectivity index (χ1n) is 9.28. The van der Waals surface area contributed by atoms with E-state index in [1.54, 1.807) is 13.3 Å². The number of ether oxygens (including phenoxy) is 1. The molecule has 0 radical (unpaired) electrons. The molecule has 2 aromatic rings. The van der Waals surface area contributed by atoms with Crippen molar-refractivity contribution in [2.45, 2.75) is 6.54 Å². The van der Waals surface area contributed by atoms with Gasteiger partial charge in [0.1, 0.15) is 5.75 Å². The number of piperazine rings is 1. The molecule has 0 bridgehead atoms. The predicted octanol–water partition coefficient (Wildman–Crippen LogP) is 2.62. The van der Waals surface area contributed by atoms with Crippen molar-refractivity contribution in [3.63, 3.8) is 0 Å². The van der Waals surface area contributed by atoms with Crippen LogP contribution < -0.4 is 10.2 Å². The molecule has 1 aliphatic rings. The van der Waals surface area contributed by atoms with Gasteiger partial charge in [0, 0.05) is 37.7 Å². The number of halogens is 1. The van der Waals surface area contributed by atoms with Crippen LogP contribution in [0.1, 0.15) is 11.1 Å². The fraction of sp³-hybridized carbons (Fsp3) is 0.333. The minimum Gasteiger partial charge on any atom is -0.497 e. The first kappa shape index (κ1) is 20.3. The maximum absolute atomic E-state index is 12.1. The Hall–Kier alpha value is -2.41. The Morgan fingerprint density at radius 3 is 2.64 bits per heavy atom. The zero-order chi connectivity index (χ0) is 19.8. The highest BCUT2D eigenvalue weighted by Gasteiger charge is 2.19. The van der Waals surface area contributed by atoms with E-state index in [4.69, 9.17) is 16.3 Å². The number of benzene rings is 2. The predicted molar refractivity (Wildman–Crippen MR) is 112 cm³/mol. The van der Waals surface area contributed by atoms with Crippen LogP contribution in [0.25, 0.3) is 0 Å². The summed E-state index contributed by atoms with van der Waals surface area (Å²) in [5, 5.41) is 4.83. The summed E-state index contributed by atoms with van der Waals surface area (Å²) < 4.78 is 5.17. The third-order valence-electron chi connectivity index (χ3n) is 4.68. The molecule has 2 aromatic carbocycles. The van der Waals surface area contributed by atoms with Gasteiger partial charge in [-0.2, -0.15) is 5.10 Å². The van der Waals surface area contributed by atoms with E-state index in [-0.39, 0.29) is 5.91 Å². The zero-order valence-corrected chi connectivity index (χ0v) is 16.7. The molecule has 0 atom stereocenters. The van der Waals surface area contributed by atoms with Gasteiger partial charge in [0.15, 0.2) is 0 Å². The molecular formula is C21H25ClN4O2. The molecule has 148 valence electrons. The summed E-state index contributed by atoms with van der Waals surface area (Å²) in [7, 11) is 1.62. The lowest BCUT2D eigenvalue weighted by Crippen LogP contribution is -2.48. The number of hydrogen-bond donors (Lipinski definition) is 1. The van der Waals surface area contributed by atoms with Gasteiger partial charge in [0.2, 0.25) is 0 Å². The van der Waals surface area contributed by atoms with E-state index in [1.807, 2.05) is 42.5 Å². The highest BCUT2D eigenvalue weighted by Crippen LogP contribution is 2.17. The van der Waals surface area contributed by atoms with Crippen LogP contribution in [-0.4, -0.2) is 61.8 Å². The van der Waals surface area contributed by atoms with Crippen LogP contribution in [0.5, 0.6) is 5.75 Å². The highest BCUT2D eigenvalue weighted by atomic mass is 35.5. The molecule has 1 amide bonds. The molecular weight excluding hydrogens is 376 g/mol. The third-order valence-corrected chi connectivity index (χ3v) is 5.05. The maximum atomic E-state index is 12.1. The van der Waals surface area contributed by atoms with Gasteiger partial charge in [-0.3, -0.25) is 14.6 Å². The van der Waals surface area contributed by atoms with E-state index < -0.39 is 0 Å². The van der Waals surface area contributed by atoms with Crippen molar-refractivity contribution in [2.24, 2.45) is 5.10 Å². The molecule has 7 heteroatoms. The number of nitrogens with zero attached hydrogens (tertiary/aromatic N) is 3. The Morgan fingerprint density at radius 1 is 1.14 bits per heavy atom. The number of nitrogens with one attached hydrogen (secondary N) is 1. The lowest BCUT2D eigenvalue weighted by atomic mass is 10.2. The van der Waals surface area contributed by atoms with Crippen molar-refractivity contribution in [3.8, 4) is 5.75 Å². The summed E-state index contributed by atoms with van der Waals surface area (Å²) in [4.78, 5) is 16.6. The largest absolute Gasteiger partial charge is 0.497 e. The quantitative estimate of drug-likeness (QED) is 0.573. The molecule has 1 fully saturated rings. The summed E-state index contributed by atoms with van der Waals surface area (Å²) in [6.45, 7) is 4.69. The second-order valence-corrected chi connectivity index (χ2v) is 7.12. The van der Waals surface area contributed by atoms with Gasteiger partial charge >= 0.3 is 0 Å². The average molecular weight is 401 g/mol. The van der Waals surface area contributed by atoms with Gasteiger partial charge in [0.05, 0.1) is 19.9 Å². The van der Waals surface area contributed by atoms with E-state index in [1.165, 1.54) is 0 Å². The van der Waals surface area contributed by atoms with Crippen LogP contribution >= 0.6 is 11.6 Å². The number of carbonyl (C=O) groups excluding carboxylic acids is 1. The summed E-state index contributed by atoms with van der Waals surface area (Å²) in [5.41, 5.74) is 4.60. The summed E-state index contributed by atoms with van der Waals surface area (Å²) in [6, 6.07) is 15.4.